The summed E-state index contributed by atoms with van der Waals surface area (Å²) in [7, 11) is 0. The van der Waals surface area contributed by atoms with Crippen LogP contribution in [-0.2, 0) is 4.79 Å². The highest BCUT2D eigenvalue weighted by molar-refractivity contribution is 5.75. The standard InChI is InChI=1S/C27H47NO/c1-5-19-18-21-23-14-13-20(10-9-12-25(29)28-6-2)26(23,3)17-15-24(21)27(4)16-8-7-11-22(19)27/h19-24H,5-18H2,1-4H3,(H,28,29)/t19-,20?,21?,22?,23?,24-,26?,27?/m0/s1. The van der Waals surface area contributed by atoms with E-state index in [1.165, 1.54) is 70.6 Å². The number of amides is 1. The number of carbonyl (C=O) groups excluding carboxylic acids is 1. The van der Waals surface area contributed by atoms with Gasteiger partial charge in [0.05, 0.1) is 0 Å². The second-order valence-electron chi connectivity index (χ2n) is 11.8. The van der Waals surface area contributed by atoms with E-state index in [0.717, 1.165) is 54.9 Å². The molecule has 0 saturated heterocycles. The molecule has 0 heterocycles. The summed E-state index contributed by atoms with van der Waals surface area (Å²) in [6, 6.07) is 0. The monoisotopic (exact) mass is 401 g/mol. The maximum absolute atomic E-state index is 11.9. The lowest BCUT2D eigenvalue weighted by Crippen LogP contribution is -2.55. The first-order valence-electron chi connectivity index (χ1n) is 13.2. The molecule has 8 atom stereocenters. The Kier molecular flexibility index (Phi) is 6.39. The first-order chi connectivity index (χ1) is 13.9. The van der Waals surface area contributed by atoms with Crippen molar-refractivity contribution in [3.63, 3.8) is 0 Å². The van der Waals surface area contributed by atoms with Gasteiger partial charge in [0.25, 0.3) is 0 Å². The molecule has 4 rings (SSSR count). The molecule has 4 fully saturated rings. The highest BCUT2D eigenvalue weighted by Crippen LogP contribution is 2.69. The van der Waals surface area contributed by atoms with Gasteiger partial charge in [0, 0.05) is 13.0 Å². The minimum Gasteiger partial charge on any atom is -0.356 e. The maximum atomic E-state index is 11.9. The number of rotatable bonds is 6. The second kappa shape index (κ2) is 8.54. The molecule has 0 aromatic carbocycles. The fraction of sp³-hybridized carbons (Fsp3) is 0.963. The first kappa shape index (κ1) is 21.7. The highest BCUT2D eigenvalue weighted by Gasteiger charge is 2.60. The molecule has 0 radical (unpaired) electrons. The van der Waals surface area contributed by atoms with E-state index in [9.17, 15) is 4.79 Å². The molecule has 0 aliphatic heterocycles. The zero-order chi connectivity index (χ0) is 20.6. The predicted octanol–water partition coefficient (Wildman–Crippen LogP) is 6.98. The minimum atomic E-state index is 0.255. The third-order valence-electron chi connectivity index (χ3n) is 10.8. The molecule has 6 unspecified atom stereocenters. The summed E-state index contributed by atoms with van der Waals surface area (Å²) >= 11 is 0. The maximum Gasteiger partial charge on any atom is 0.219 e. The average Bonchev–Trinajstić information content (AvgIpc) is 3.04. The Bertz CT molecular complexity index is 587. The van der Waals surface area contributed by atoms with Crippen LogP contribution in [0.4, 0.5) is 0 Å². The van der Waals surface area contributed by atoms with E-state index in [2.05, 4.69) is 26.1 Å². The molecule has 0 aromatic heterocycles. The largest absolute Gasteiger partial charge is 0.356 e. The summed E-state index contributed by atoms with van der Waals surface area (Å²) in [5, 5.41) is 2.98. The minimum absolute atomic E-state index is 0.255. The average molecular weight is 402 g/mol. The number of fused-ring (bicyclic) bond motifs is 5. The molecule has 0 spiro atoms. The molecule has 0 bridgehead atoms. The Morgan fingerprint density at radius 3 is 2.48 bits per heavy atom. The van der Waals surface area contributed by atoms with Crippen LogP contribution in [0.3, 0.4) is 0 Å². The van der Waals surface area contributed by atoms with Crippen LogP contribution >= 0.6 is 0 Å². The van der Waals surface area contributed by atoms with Gasteiger partial charge in [-0.15, -0.1) is 0 Å². The van der Waals surface area contributed by atoms with Crippen molar-refractivity contribution in [3.05, 3.63) is 0 Å². The summed E-state index contributed by atoms with van der Waals surface area (Å²) in [6.07, 6.45) is 17.9. The predicted molar refractivity (Wildman–Crippen MR) is 122 cm³/mol. The van der Waals surface area contributed by atoms with Crippen LogP contribution < -0.4 is 5.32 Å². The van der Waals surface area contributed by atoms with Crippen molar-refractivity contribution in [2.45, 2.75) is 111 Å². The number of hydrogen-bond donors (Lipinski definition) is 1. The van der Waals surface area contributed by atoms with Gasteiger partial charge >= 0.3 is 0 Å². The Morgan fingerprint density at radius 2 is 1.72 bits per heavy atom. The van der Waals surface area contributed by atoms with Gasteiger partial charge in [0.1, 0.15) is 0 Å². The lowest BCUT2D eigenvalue weighted by atomic mass is 9.42. The third-order valence-corrected chi connectivity index (χ3v) is 10.8. The third kappa shape index (κ3) is 3.69. The lowest BCUT2D eigenvalue weighted by Gasteiger charge is -2.62. The molecule has 29 heavy (non-hydrogen) atoms. The molecule has 4 saturated carbocycles. The fourth-order valence-corrected chi connectivity index (χ4v) is 9.40. The van der Waals surface area contributed by atoms with Crippen LogP contribution in [0.15, 0.2) is 0 Å². The highest BCUT2D eigenvalue weighted by atomic mass is 16.1. The Morgan fingerprint density at radius 1 is 0.931 bits per heavy atom. The quantitative estimate of drug-likeness (QED) is 0.511. The summed E-state index contributed by atoms with van der Waals surface area (Å²) < 4.78 is 0. The van der Waals surface area contributed by atoms with E-state index in [1.54, 1.807) is 0 Å². The molecule has 1 N–H and O–H groups in total. The van der Waals surface area contributed by atoms with Gasteiger partial charge in [-0.05, 0) is 111 Å². The normalized spacial score (nSPS) is 46.5. The van der Waals surface area contributed by atoms with Gasteiger partial charge in [-0.3, -0.25) is 4.79 Å². The van der Waals surface area contributed by atoms with Crippen LogP contribution in [0, 0.1) is 46.3 Å². The van der Waals surface area contributed by atoms with Crippen molar-refractivity contribution < 1.29 is 4.79 Å². The lowest BCUT2D eigenvalue weighted by molar-refractivity contribution is -0.136. The van der Waals surface area contributed by atoms with Gasteiger partial charge in [0.2, 0.25) is 5.91 Å². The first-order valence-corrected chi connectivity index (χ1v) is 13.2. The molecule has 0 aromatic rings. The van der Waals surface area contributed by atoms with Gasteiger partial charge in [-0.1, -0.05) is 40.0 Å². The van der Waals surface area contributed by atoms with Gasteiger partial charge in [0.15, 0.2) is 0 Å². The SMILES string of the molecule is CCNC(=O)CCCC1CCC2C3C[C@H](CC)C4CCCCC4(C)[C@H]3CCC12C. The summed E-state index contributed by atoms with van der Waals surface area (Å²) in [5.74, 6) is 6.07. The second-order valence-corrected chi connectivity index (χ2v) is 11.8. The Balaban J connectivity index is 1.46. The molecule has 4 aliphatic rings. The Labute approximate surface area is 180 Å². The van der Waals surface area contributed by atoms with Crippen molar-refractivity contribution in [2.24, 2.45) is 46.3 Å². The van der Waals surface area contributed by atoms with Gasteiger partial charge < -0.3 is 5.32 Å². The van der Waals surface area contributed by atoms with Crippen molar-refractivity contribution in [2.75, 3.05) is 6.54 Å². The van der Waals surface area contributed by atoms with E-state index in [-0.39, 0.29) is 5.91 Å². The van der Waals surface area contributed by atoms with E-state index >= 15 is 0 Å². The molecule has 2 heteroatoms. The number of nitrogens with one attached hydrogen (secondary N) is 1. The van der Waals surface area contributed by atoms with E-state index in [4.69, 9.17) is 0 Å². The van der Waals surface area contributed by atoms with Crippen molar-refractivity contribution in [1.82, 2.24) is 5.32 Å². The molecule has 2 nitrogen and oxygen atoms in total. The zero-order valence-corrected chi connectivity index (χ0v) is 19.8. The number of carbonyl (C=O) groups is 1. The smallest absolute Gasteiger partial charge is 0.219 e. The molecule has 4 aliphatic carbocycles. The molecule has 166 valence electrons. The van der Waals surface area contributed by atoms with Crippen LogP contribution in [0.5, 0.6) is 0 Å². The van der Waals surface area contributed by atoms with E-state index in [1.807, 2.05) is 6.92 Å². The van der Waals surface area contributed by atoms with Gasteiger partial charge in [-0.25, -0.2) is 0 Å². The summed E-state index contributed by atoms with van der Waals surface area (Å²) in [6.45, 7) is 10.6. The van der Waals surface area contributed by atoms with E-state index < -0.39 is 0 Å². The van der Waals surface area contributed by atoms with Crippen LogP contribution in [0.1, 0.15) is 111 Å². The topological polar surface area (TPSA) is 29.1 Å². The van der Waals surface area contributed by atoms with Crippen LogP contribution in [-0.4, -0.2) is 12.5 Å². The van der Waals surface area contributed by atoms with E-state index in [0.29, 0.717) is 10.8 Å². The summed E-state index contributed by atoms with van der Waals surface area (Å²) in [5.41, 5.74) is 1.19. The Hall–Kier alpha value is -0.530. The molecule has 1 amide bonds. The molecular formula is C27H47NO. The van der Waals surface area contributed by atoms with Crippen molar-refractivity contribution in [3.8, 4) is 0 Å². The van der Waals surface area contributed by atoms with Crippen molar-refractivity contribution in [1.29, 1.82) is 0 Å². The summed E-state index contributed by atoms with van der Waals surface area (Å²) in [4.78, 5) is 11.9. The van der Waals surface area contributed by atoms with Crippen LogP contribution in [0.25, 0.3) is 0 Å². The van der Waals surface area contributed by atoms with Gasteiger partial charge in [-0.2, -0.15) is 0 Å². The number of hydrogen-bond acceptors (Lipinski definition) is 1. The van der Waals surface area contributed by atoms with Crippen molar-refractivity contribution >= 4 is 5.91 Å². The van der Waals surface area contributed by atoms with Crippen LogP contribution in [0.2, 0.25) is 0 Å². The molecular weight excluding hydrogens is 354 g/mol. The fourth-order valence-electron chi connectivity index (χ4n) is 9.40. The zero-order valence-electron chi connectivity index (χ0n) is 19.8.